The molecule has 0 aromatic heterocycles. The maximum Gasteiger partial charge on any atom is 0.246 e. The lowest BCUT2D eigenvalue weighted by molar-refractivity contribution is -0.156. The lowest BCUT2D eigenvalue weighted by Gasteiger charge is -2.41. The minimum atomic E-state index is -0.891. The normalized spacial score (nSPS) is 14.3. The molecule has 0 bridgehead atoms. The van der Waals surface area contributed by atoms with E-state index in [9.17, 15) is 24.0 Å². The summed E-state index contributed by atoms with van der Waals surface area (Å²) >= 11 is 0. The fourth-order valence-corrected chi connectivity index (χ4v) is 7.30. The van der Waals surface area contributed by atoms with Crippen LogP contribution in [-0.4, -0.2) is 121 Å². The van der Waals surface area contributed by atoms with E-state index in [4.69, 9.17) is 0 Å². The fraction of sp³-hybridized carbons (Fsp3) is 0.605. The smallest absolute Gasteiger partial charge is 0.246 e. The minimum absolute atomic E-state index is 0.0415. The van der Waals surface area contributed by atoms with Crippen LogP contribution in [0, 0.1) is 23.7 Å². The van der Waals surface area contributed by atoms with Crippen LogP contribution in [0.5, 0.6) is 0 Å². The van der Waals surface area contributed by atoms with E-state index >= 15 is 0 Å². The van der Waals surface area contributed by atoms with E-state index in [1.807, 2.05) is 116 Å². The first kappa shape index (κ1) is 45.9. The number of hydrogen-bond acceptors (Lipinski definition) is 6. The van der Waals surface area contributed by atoms with Crippen molar-refractivity contribution in [2.45, 2.75) is 105 Å². The summed E-state index contributed by atoms with van der Waals surface area (Å²) in [6.45, 7) is 15.7. The highest BCUT2D eigenvalue weighted by molar-refractivity contribution is 5.96. The molecule has 5 amide bonds. The number of hydrogen-bond donors (Lipinski definition) is 2. The van der Waals surface area contributed by atoms with E-state index in [0.29, 0.717) is 25.8 Å². The third-order valence-electron chi connectivity index (χ3n) is 10.2. The monoisotopic (exact) mass is 749 g/mol. The molecule has 2 N–H and O–H groups in total. The van der Waals surface area contributed by atoms with Crippen LogP contribution in [0.3, 0.4) is 0 Å². The van der Waals surface area contributed by atoms with Gasteiger partial charge in [-0.2, -0.15) is 0 Å². The van der Waals surface area contributed by atoms with Crippen LogP contribution >= 0.6 is 0 Å². The van der Waals surface area contributed by atoms with Gasteiger partial charge in [0, 0.05) is 34.7 Å². The maximum absolute atomic E-state index is 14.6. The van der Waals surface area contributed by atoms with Gasteiger partial charge < -0.3 is 30.2 Å². The Kier molecular flexibility index (Phi) is 18.4. The van der Waals surface area contributed by atoms with Crippen LogP contribution in [0.1, 0.15) is 72.9 Å². The highest BCUT2D eigenvalue weighted by Gasteiger charge is 2.43. The molecule has 300 valence electrons. The fourth-order valence-electron chi connectivity index (χ4n) is 7.30. The second kappa shape index (κ2) is 21.6. The second-order valence-electron chi connectivity index (χ2n) is 16.1. The highest BCUT2D eigenvalue weighted by atomic mass is 16.2. The minimum Gasteiger partial charge on any atom is -0.354 e. The van der Waals surface area contributed by atoms with E-state index < -0.39 is 30.2 Å². The zero-order chi connectivity index (χ0) is 40.9. The van der Waals surface area contributed by atoms with Crippen molar-refractivity contribution in [1.29, 1.82) is 0 Å². The molecule has 2 aromatic carbocycles. The van der Waals surface area contributed by atoms with Gasteiger partial charge in [-0.15, -0.1) is 0 Å². The third kappa shape index (κ3) is 12.4. The van der Waals surface area contributed by atoms with Gasteiger partial charge in [0.05, 0.1) is 6.04 Å². The number of rotatable bonds is 20. The van der Waals surface area contributed by atoms with E-state index in [-0.39, 0.29) is 53.2 Å². The molecule has 0 aliphatic heterocycles. The predicted molar refractivity (Wildman–Crippen MR) is 216 cm³/mol. The van der Waals surface area contributed by atoms with Crippen LogP contribution in [0.15, 0.2) is 60.7 Å². The molecule has 0 heterocycles. The quantitative estimate of drug-likeness (QED) is 0.206. The molecule has 0 radical (unpaired) electrons. The van der Waals surface area contributed by atoms with Gasteiger partial charge in [-0.1, -0.05) is 116 Å². The van der Waals surface area contributed by atoms with E-state index in [2.05, 4.69) is 10.6 Å². The average Bonchev–Trinajstić information content (AvgIpc) is 3.12. The van der Waals surface area contributed by atoms with Crippen LogP contribution < -0.4 is 10.6 Å². The molecule has 0 aliphatic rings. The molecular weight excluding hydrogens is 681 g/mol. The predicted octanol–water partition coefficient (Wildman–Crippen LogP) is 4.50. The summed E-state index contributed by atoms with van der Waals surface area (Å²) in [5.74, 6) is -2.23. The Balaban J connectivity index is 2.34. The Labute approximate surface area is 325 Å². The number of carbonyl (C=O) groups excluding carboxylic acids is 5. The molecule has 0 fully saturated rings. The molecule has 0 aliphatic carbocycles. The van der Waals surface area contributed by atoms with Gasteiger partial charge >= 0.3 is 0 Å². The third-order valence-corrected chi connectivity index (χ3v) is 10.2. The average molecular weight is 749 g/mol. The van der Waals surface area contributed by atoms with Crippen LogP contribution in [-0.2, 0) is 36.8 Å². The Bertz CT molecular complexity index is 1500. The Morgan fingerprint density at radius 1 is 0.556 bits per heavy atom. The van der Waals surface area contributed by atoms with Crippen molar-refractivity contribution in [3.63, 3.8) is 0 Å². The van der Waals surface area contributed by atoms with Crippen molar-refractivity contribution in [3.8, 4) is 0 Å². The first-order valence-electron chi connectivity index (χ1n) is 19.4. The van der Waals surface area contributed by atoms with Gasteiger partial charge in [0.1, 0.15) is 24.2 Å². The van der Waals surface area contributed by atoms with E-state index in [1.165, 1.54) is 19.6 Å². The summed E-state index contributed by atoms with van der Waals surface area (Å²) in [6, 6.07) is 15.7. The molecule has 2 aromatic rings. The zero-order valence-electron chi connectivity index (χ0n) is 35.1. The molecule has 0 saturated carbocycles. The van der Waals surface area contributed by atoms with Crippen molar-refractivity contribution in [2.75, 3.05) is 41.8 Å². The highest BCUT2D eigenvalue weighted by Crippen LogP contribution is 2.23. The molecule has 54 heavy (non-hydrogen) atoms. The second-order valence-corrected chi connectivity index (χ2v) is 16.1. The number of amides is 5. The van der Waals surface area contributed by atoms with Gasteiger partial charge in [0.15, 0.2) is 0 Å². The lowest BCUT2D eigenvalue weighted by Crippen LogP contribution is -2.61. The maximum atomic E-state index is 14.6. The van der Waals surface area contributed by atoms with Crippen molar-refractivity contribution in [1.82, 2.24) is 30.2 Å². The van der Waals surface area contributed by atoms with Gasteiger partial charge in [-0.25, -0.2) is 0 Å². The Morgan fingerprint density at radius 2 is 0.981 bits per heavy atom. The van der Waals surface area contributed by atoms with Crippen molar-refractivity contribution in [2.24, 2.45) is 23.7 Å². The van der Waals surface area contributed by atoms with Crippen LogP contribution in [0.25, 0.3) is 0 Å². The molecule has 0 spiro atoms. The molecule has 11 heteroatoms. The number of benzene rings is 2. The van der Waals surface area contributed by atoms with Crippen molar-refractivity contribution < 1.29 is 24.0 Å². The largest absolute Gasteiger partial charge is 0.354 e. The Morgan fingerprint density at radius 3 is 1.43 bits per heavy atom. The lowest BCUT2D eigenvalue weighted by atomic mass is 9.94. The number of nitrogens with one attached hydrogen (secondary N) is 2. The van der Waals surface area contributed by atoms with Gasteiger partial charge in [0.25, 0.3) is 0 Å². The molecule has 0 unspecified atom stereocenters. The number of carbonyl (C=O) groups is 5. The SMILES string of the molecule is CN[C@@H](Cc1ccccc1)C(=O)N(C)[C@H](C(=O)N(C)[C@@H](CC(C)C)C(=O)N(C)[C@H](C(=O)N(C)[C@H](C(=O)NCCc1ccccc1)C(C)C)C(C)C)C(C)C. The summed E-state index contributed by atoms with van der Waals surface area (Å²) in [4.78, 5) is 76.6. The first-order valence-corrected chi connectivity index (χ1v) is 19.4. The van der Waals surface area contributed by atoms with E-state index in [1.54, 1.807) is 35.2 Å². The van der Waals surface area contributed by atoms with Crippen molar-refractivity contribution >= 4 is 29.5 Å². The summed E-state index contributed by atoms with van der Waals surface area (Å²) in [5.41, 5.74) is 2.10. The summed E-state index contributed by atoms with van der Waals surface area (Å²) in [6.07, 6.45) is 1.48. The summed E-state index contributed by atoms with van der Waals surface area (Å²) < 4.78 is 0. The Hall–Kier alpha value is -4.25. The molecule has 11 nitrogen and oxygen atoms in total. The first-order chi connectivity index (χ1) is 25.3. The molecular formula is C43H68N6O5. The standard InChI is InChI=1S/C43H68N6O5/c1-28(2)26-35(46(10)42(53)37(30(5)6)48(12)40(51)34(44-9)27-33-22-18-15-19-23-33)41(52)49(13)38(31(7)8)43(54)47(11)36(29(3)4)39(50)45-25-24-32-20-16-14-17-21-32/h14-23,28-31,34-38,44H,24-27H2,1-13H3,(H,45,50)/t34-,35-,36-,37-,38-/m0/s1. The van der Waals surface area contributed by atoms with Gasteiger partial charge in [-0.05, 0) is 61.1 Å². The summed E-state index contributed by atoms with van der Waals surface area (Å²) in [7, 11) is 8.21. The van der Waals surface area contributed by atoms with Gasteiger partial charge in [-0.3, -0.25) is 24.0 Å². The molecule has 2 rings (SSSR count). The van der Waals surface area contributed by atoms with Crippen molar-refractivity contribution in [3.05, 3.63) is 71.8 Å². The molecule has 0 saturated heterocycles. The van der Waals surface area contributed by atoms with E-state index in [0.717, 1.165) is 11.1 Å². The zero-order valence-corrected chi connectivity index (χ0v) is 35.1. The van der Waals surface area contributed by atoms with Crippen LogP contribution in [0.4, 0.5) is 0 Å². The molecule has 5 atom stereocenters. The number of likely N-dealkylation sites (N-methyl/N-ethyl adjacent to an activating group) is 5. The summed E-state index contributed by atoms with van der Waals surface area (Å²) in [5, 5.41) is 6.12. The van der Waals surface area contributed by atoms with Gasteiger partial charge in [0.2, 0.25) is 29.5 Å². The number of nitrogens with zero attached hydrogens (tertiary/aromatic N) is 4. The van der Waals surface area contributed by atoms with Crippen LogP contribution in [0.2, 0.25) is 0 Å². The topological polar surface area (TPSA) is 122 Å².